The largest absolute Gasteiger partial charge is 0.445 e. The van der Waals surface area contributed by atoms with Crippen molar-refractivity contribution < 1.29 is 14.3 Å². The van der Waals surface area contributed by atoms with Crippen LogP contribution in [0.1, 0.15) is 24.8 Å². The summed E-state index contributed by atoms with van der Waals surface area (Å²) < 4.78 is 4.97. The second-order valence-corrected chi connectivity index (χ2v) is 4.01. The zero-order valence-electron chi connectivity index (χ0n) is 10.7. The summed E-state index contributed by atoms with van der Waals surface area (Å²) in [6, 6.07) is 9.34. The Morgan fingerprint density at radius 2 is 2.00 bits per heavy atom. The molecule has 0 saturated heterocycles. The number of ether oxygens (including phenoxy) is 1. The van der Waals surface area contributed by atoms with Crippen molar-refractivity contribution >= 4 is 11.9 Å². The van der Waals surface area contributed by atoms with E-state index in [2.05, 4.69) is 11.2 Å². The fraction of sp³-hybridized carbons (Fsp3) is 0.333. The molecule has 1 aromatic rings. The van der Waals surface area contributed by atoms with Crippen LogP contribution in [0.3, 0.4) is 0 Å². The quantitative estimate of drug-likeness (QED) is 0.603. The molecule has 0 radical (unpaired) electrons. The molecule has 0 fully saturated rings. The zero-order chi connectivity index (χ0) is 13.9. The van der Waals surface area contributed by atoms with Gasteiger partial charge in [0.05, 0.1) is 6.54 Å². The fourth-order valence-electron chi connectivity index (χ4n) is 1.42. The van der Waals surface area contributed by atoms with Gasteiger partial charge >= 0.3 is 6.09 Å². The van der Waals surface area contributed by atoms with Gasteiger partial charge in [0, 0.05) is 12.8 Å². The molecule has 0 saturated carbocycles. The van der Waals surface area contributed by atoms with Crippen LogP contribution in [0.2, 0.25) is 0 Å². The van der Waals surface area contributed by atoms with Gasteiger partial charge in [0.1, 0.15) is 6.61 Å². The first kappa shape index (κ1) is 14.8. The lowest BCUT2D eigenvalue weighted by Crippen LogP contribution is -2.29. The summed E-state index contributed by atoms with van der Waals surface area (Å²) in [5, 5.41) is 2.42. The molecule has 100 valence electrons. The summed E-state index contributed by atoms with van der Waals surface area (Å²) in [4.78, 5) is 22.7. The Morgan fingerprint density at radius 3 is 2.68 bits per heavy atom. The van der Waals surface area contributed by atoms with E-state index in [1.54, 1.807) is 0 Å². The summed E-state index contributed by atoms with van der Waals surface area (Å²) in [7, 11) is 0. The van der Waals surface area contributed by atoms with Crippen molar-refractivity contribution in [3.8, 4) is 12.3 Å². The zero-order valence-corrected chi connectivity index (χ0v) is 10.7. The Bertz CT molecular complexity index is 448. The van der Waals surface area contributed by atoms with Crippen LogP contribution >= 0.6 is 0 Å². The lowest BCUT2D eigenvalue weighted by Gasteiger charge is -2.06. The normalized spacial score (nSPS) is 9.42. The lowest BCUT2D eigenvalue weighted by atomic mass is 10.2. The number of terminal acetylenes is 1. The first-order valence-corrected chi connectivity index (χ1v) is 6.12. The van der Waals surface area contributed by atoms with E-state index in [0.29, 0.717) is 19.3 Å². The highest BCUT2D eigenvalue weighted by molar-refractivity contribution is 5.83. The third-order valence-corrected chi connectivity index (χ3v) is 2.42. The number of benzene rings is 1. The highest BCUT2D eigenvalue weighted by atomic mass is 16.5. The minimum Gasteiger partial charge on any atom is -0.445 e. The molecular weight excluding hydrogens is 242 g/mol. The molecule has 0 bridgehead atoms. The van der Waals surface area contributed by atoms with Crippen LogP contribution in [0.4, 0.5) is 4.79 Å². The van der Waals surface area contributed by atoms with E-state index in [-0.39, 0.29) is 18.9 Å². The number of hydrogen-bond donors (Lipinski definition) is 1. The van der Waals surface area contributed by atoms with E-state index in [9.17, 15) is 9.59 Å². The predicted octanol–water partition coefficient (Wildman–Crippen LogP) is 2.29. The van der Waals surface area contributed by atoms with Crippen LogP contribution < -0.4 is 5.32 Å². The highest BCUT2D eigenvalue weighted by Crippen LogP contribution is 2.00. The number of rotatable bonds is 7. The van der Waals surface area contributed by atoms with E-state index in [1.807, 2.05) is 30.3 Å². The van der Waals surface area contributed by atoms with Crippen molar-refractivity contribution in [2.75, 3.05) is 6.54 Å². The topological polar surface area (TPSA) is 55.4 Å². The highest BCUT2D eigenvalue weighted by Gasteiger charge is 2.06. The lowest BCUT2D eigenvalue weighted by molar-refractivity contribution is -0.118. The number of Topliss-reactive ketones (excluding diaryl/α,β-unsaturated/α-hetero) is 1. The van der Waals surface area contributed by atoms with Gasteiger partial charge in [-0.3, -0.25) is 4.79 Å². The molecule has 0 atom stereocenters. The van der Waals surface area contributed by atoms with Gasteiger partial charge in [-0.2, -0.15) is 0 Å². The molecule has 4 heteroatoms. The van der Waals surface area contributed by atoms with Gasteiger partial charge in [0.25, 0.3) is 0 Å². The molecule has 0 aliphatic heterocycles. The van der Waals surface area contributed by atoms with E-state index in [4.69, 9.17) is 11.2 Å². The molecule has 4 nitrogen and oxygen atoms in total. The standard InChI is InChI=1S/C15H17NO3/c1-2-3-5-10-14(17)11-16-15(18)19-12-13-8-6-4-7-9-13/h1,4,6-9H,3,5,10-12H2,(H,16,18). The van der Waals surface area contributed by atoms with Crippen molar-refractivity contribution in [2.24, 2.45) is 0 Å². The number of unbranched alkanes of at least 4 members (excludes halogenated alkanes) is 1. The minimum atomic E-state index is -0.589. The number of carbonyl (C=O) groups excluding carboxylic acids is 2. The molecule has 0 spiro atoms. The van der Waals surface area contributed by atoms with Gasteiger partial charge in [-0.15, -0.1) is 12.3 Å². The van der Waals surface area contributed by atoms with Crippen molar-refractivity contribution in [1.82, 2.24) is 5.32 Å². The Balaban J connectivity index is 2.14. The number of hydrogen-bond acceptors (Lipinski definition) is 3. The van der Waals surface area contributed by atoms with Crippen molar-refractivity contribution in [3.05, 3.63) is 35.9 Å². The molecule has 1 N–H and O–H groups in total. The van der Waals surface area contributed by atoms with Crippen LogP contribution in [0, 0.1) is 12.3 Å². The molecule has 0 aliphatic rings. The van der Waals surface area contributed by atoms with Crippen molar-refractivity contribution in [1.29, 1.82) is 0 Å². The van der Waals surface area contributed by atoms with Crippen LogP contribution in [0.5, 0.6) is 0 Å². The molecule has 0 aromatic heterocycles. The molecule has 19 heavy (non-hydrogen) atoms. The number of nitrogens with one attached hydrogen (secondary N) is 1. The van der Waals surface area contributed by atoms with E-state index < -0.39 is 6.09 Å². The summed E-state index contributed by atoms with van der Waals surface area (Å²) >= 11 is 0. The molecule has 1 aromatic carbocycles. The third kappa shape index (κ3) is 6.89. The fourth-order valence-corrected chi connectivity index (χ4v) is 1.42. The Kier molecular flexibility index (Phi) is 6.81. The smallest absolute Gasteiger partial charge is 0.407 e. The van der Waals surface area contributed by atoms with Crippen molar-refractivity contribution in [2.45, 2.75) is 25.9 Å². The van der Waals surface area contributed by atoms with E-state index in [1.165, 1.54) is 0 Å². The van der Waals surface area contributed by atoms with Gasteiger partial charge in [0.15, 0.2) is 5.78 Å². The maximum atomic E-state index is 11.4. The first-order chi connectivity index (χ1) is 9.22. The number of ketones is 1. The first-order valence-electron chi connectivity index (χ1n) is 6.12. The number of carbonyl (C=O) groups is 2. The van der Waals surface area contributed by atoms with Crippen LogP contribution in [-0.4, -0.2) is 18.4 Å². The van der Waals surface area contributed by atoms with Crippen molar-refractivity contribution in [3.63, 3.8) is 0 Å². The van der Waals surface area contributed by atoms with Gasteiger partial charge in [-0.25, -0.2) is 4.79 Å². The average Bonchev–Trinajstić information content (AvgIpc) is 2.44. The second-order valence-electron chi connectivity index (χ2n) is 4.01. The van der Waals surface area contributed by atoms with Crippen LogP contribution in [0.15, 0.2) is 30.3 Å². The molecular formula is C15H17NO3. The summed E-state index contributed by atoms with van der Waals surface area (Å²) in [6.45, 7) is 0.177. The van der Waals surface area contributed by atoms with Gasteiger partial charge < -0.3 is 10.1 Å². The van der Waals surface area contributed by atoms with Gasteiger partial charge in [-0.05, 0) is 12.0 Å². The van der Waals surface area contributed by atoms with Crippen LogP contribution in [-0.2, 0) is 16.1 Å². The van der Waals surface area contributed by atoms with Crippen LogP contribution in [0.25, 0.3) is 0 Å². The summed E-state index contributed by atoms with van der Waals surface area (Å²) in [5.41, 5.74) is 0.901. The Hall–Kier alpha value is -2.28. The molecule has 0 aliphatic carbocycles. The minimum absolute atomic E-state index is 0.0157. The third-order valence-electron chi connectivity index (χ3n) is 2.42. The molecule has 0 heterocycles. The maximum Gasteiger partial charge on any atom is 0.407 e. The maximum absolute atomic E-state index is 11.4. The summed E-state index contributed by atoms with van der Waals surface area (Å²) in [5.74, 6) is 2.41. The number of amides is 1. The monoisotopic (exact) mass is 259 g/mol. The average molecular weight is 259 g/mol. The Labute approximate surface area is 113 Å². The Morgan fingerprint density at radius 1 is 1.26 bits per heavy atom. The summed E-state index contributed by atoms with van der Waals surface area (Å²) in [6.07, 6.45) is 6.09. The number of alkyl carbamates (subject to hydrolysis) is 1. The van der Waals surface area contributed by atoms with Gasteiger partial charge in [0.2, 0.25) is 0 Å². The second kappa shape index (κ2) is 8.76. The molecule has 1 rings (SSSR count). The molecule has 1 amide bonds. The molecule has 0 unspecified atom stereocenters. The van der Waals surface area contributed by atoms with E-state index in [0.717, 1.165) is 5.56 Å². The van der Waals surface area contributed by atoms with E-state index >= 15 is 0 Å². The predicted molar refractivity (Wildman–Crippen MR) is 72.3 cm³/mol. The van der Waals surface area contributed by atoms with Gasteiger partial charge in [-0.1, -0.05) is 30.3 Å². The SMILES string of the molecule is C#CCCCC(=O)CNC(=O)OCc1ccccc1.